The first kappa shape index (κ1) is 13.7. The highest BCUT2D eigenvalue weighted by atomic mass is 16.1. The van der Waals surface area contributed by atoms with Gasteiger partial charge in [-0.25, -0.2) is 9.13 Å². The molecule has 0 aliphatic heterocycles. The fourth-order valence-corrected chi connectivity index (χ4v) is 2.76. The van der Waals surface area contributed by atoms with E-state index in [-0.39, 0.29) is 17.4 Å². The summed E-state index contributed by atoms with van der Waals surface area (Å²) in [5, 5.41) is 0. The second-order valence-corrected chi connectivity index (χ2v) is 6.06. The number of primary amides is 1. The molecule has 0 radical (unpaired) electrons. The number of nitrogens with two attached hydrogens (primary N) is 1. The number of aryl methyl sites for hydroxylation is 1. The Morgan fingerprint density at radius 2 is 1.94 bits per heavy atom. The third-order valence-corrected chi connectivity index (χ3v) is 3.07. The Labute approximate surface area is 103 Å². The van der Waals surface area contributed by atoms with Crippen LogP contribution < -0.4 is 10.3 Å². The van der Waals surface area contributed by atoms with Crippen molar-refractivity contribution in [2.45, 2.75) is 40.7 Å². The van der Waals surface area contributed by atoms with E-state index in [0.29, 0.717) is 11.7 Å². The van der Waals surface area contributed by atoms with E-state index in [1.165, 1.54) is 0 Å². The minimum absolute atomic E-state index is 0.0738. The molecule has 1 heterocycles. The van der Waals surface area contributed by atoms with Crippen molar-refractivity contribution in [2.24, 2.45) is 24.1 Å². The van der Waals surface area contributed by atoms with Crippen molar-refractivity contribution in [2.75, 3.05) is 0 Å². The van der Waals surface area contributed by atoms with E-state index in [4.69, 9.17) is 5.73 Å². The molecule has 4 heteroatoms. The summed E-state index contributed by atoms with van der Waals surface area (Å²) < 4.78 is 3.79. The van der Waals surface area contributed by atoms with Crippen LogP contribution in [0.4, 0.5) is 0 Å². The molecule has 1 amide bonds. The highest BCUT2D eigenvalue weighted by molar-refractivity contribution is 5.87. The van der Waals surface area contributed by atoms with Gasteiger partial charge in [0, 0.05) is 5.41 Å². The van der Waals surface area contributed by atoms with Gasteiger partial charge >= 0.3 is 11.7 Å². The van der Waals surface area contributed by atoms with E-state index in [1.54, 1.807) is 4.57 Å². The number of imidazole rings is 1. The molecule has 96 valence electrons. The zero-order chi connectivity index (χ0) is 13.4. The average Bonchev–Trinajstić information content (AvgIpc) is 2.43. The predicted molar refractivity (Wildman–Crippen MR) is 67.5 cm³/mol. The van der Waals surface area contributed by atoms with Crippen molar-refractivity contribution in [1.29, 1.82) is 0 Å². The second-order valence-electron chi connectivity index (χ2n) is 6.06. The van der Waals surface area contributed by atoms with Crippen molar-refractivity contribution in [3.05, 3.63) is 18.2 Å². The molecule has 0 spiro atoms. The monoisotopic (exact) mass is 238 g/mol. The van der Waals surface area contributed by atoms with Crippen molar-refractivity contribution >= 4 is 5.91 Å². The van der Waals surface area contributed by atoms with Gasteiger partial charge in [-0.2, -0.15) is 0 Å². The zero-order valence-electron chi connectivity index (χ0n) is 11.7. The molecule has 0 saturated carbocycles. The number of hydrogen-bond donors (Lipinski definition) is 1. The number of hydrogen-bond acceptors (Lipinski definition) is 1. The number of nitrogens with zero attached hydrogens (tertiary/aromatic N) is 2. The molecule has 2 N–H and O–H groups in total. The first-order valence-electron chi connectivity index (χ1n) is 6.02. The van der Waals surface area contributed by atoms with Crippen LogP contribution in [0.15, 0.2) is 12.4 Å². The van der Waals surface area contributed by atoms with Crippen LogP contribution in [-0.2, 0) is 7.05 Å². The molecule has 17 heavy (non-hydrogen) atoms. The predicted octanol–water partition coefficient (Wildman–Crippen LogP) is 1.65. The Morgan fingerprint density at radius 1 is 1.41 bits per heavy atom. The molecule has 0 aliphatic rings. The van der Waals surface area contributed by atoms with E-state index in [9.17, 15) is 4.79 Å². The Kier molecular flexibility index (Phi) is 3.65. The lowest BCUT2D eigenvalue weighted by Crippen LogP contribution is -2.41. The van der Waals surface area contributed by atoms with Gasteiger partial charge in [0.2, 0.25) is 0 Å². The van der Waals surface area contributed by atoms with Crippen LogP contribution in [-0.4, -0.2) is 10.5 Å². The maximum Gasteiger partial charge on any atom is 0.347 e. The molecule has 4 nitrogen and oxygen atoms in total. The minimum Gasteiger partial charge on any atom is -0.359 e. The fraction of sp³-hybridized carbons (Fsp3) is 0.692. The molecule has 0 aliphatic carbocycles. The first-order valence-corrected chi connectivity index (χ1v) is 6.02. The maximum absolute atomic E-state index is 11.5. The topological polar surface area (TPSA) is 51.9 Å². The van der Waals surface area contributed by atoms with E-state index in [1.807, 2.05) is 24.0 Å². The summed E-state index contributed by atoms with van der Waals surface area (Å²) in [5.74, 6) is 0.603. The smallest absolute Gasteiger partial charge is 0.347 e. The molecule has 1 aromatic heterocycles. The van der Waals surface area contributed by atoms with Gasteiger partial charge in [0.15, 0.2) is 0 Å². The molecule has 0 fully saturated rings. The summed E-state index contributed by atoms with van der Waals surface area (Å²) in [5.41, 5.74) is 5.53. The van der Waals surface area contributed by atoms with Crippen LogP contribution in [0.3, 0.4) is 0 Å². The van der Waals surface area contributed by atoms with E-state index in [0.717, 1.165) is 0 Å². The lowest BCUT2D eigenvalue weighted by molar-refractivity contribution is -0.673. The number of amides is 1. The summed E-state index contributed by atoms with van der Waals surface area (Å²) >= 11 is 0. The summed E-state index contributed by atoms with van der Waals surface area (Å²) in [4.78, 5) is 11.5. The van der Waals surface area contributed by atoms with Gasteiger partial charge in [-0.1, -0.05) is 34.6 Å². The largest absolute Gasteiger partial charge is 0.359 e. The van der Waals surface area contributed by atoms with Crippen molar-refractivity contribution < 1.29 is 9.36 Å². The van der Waals surface area contributed by atoms with Crippen LogP contribution in [0.2, 0.25) is 0 Å². The van der Waals surface area contributed by atoms with Crippen molar-refractivity contribution in [3.8, 4) is 0 Å². The average molecular weight is 238 g/mol. The van der Waals surface area contributed by atoms with Gasteiger partial charge in [-0.3, -0.25) is 4.79 Å². The summed E-state index contributed by atoms with van der Waals surface area (Å²) in [6, 6.07) is 0.242. The highest BCUT2D eigenvalue weighted by Crippen LogP contribution is 2.36. The lowest BCUT2D eigenvalue weighted by Gasteiger charge is -2.31. The number of carbonyl (C=O) groups is 1. The van der Waals surface area contributed by atoms with Crippen LogP contribution >= 0.6 is 0 Å². The molecule has 1 aromatic rings. The molecular weight excluding hydrogens is 214 g/mol. The van der Waals surface area contributed by atoms with E-state index in [2.05, 4.69) is 34.6 Å². The van der Waals surface area contributed by atoms with Gasteiger partial charge in [0.05, 0.1) is 7.05 Å². The summed E-state index contributed by atoms with van der Waals surface area (Å²) in [7, 11) is 1.84. The van der Waals surface area contributed by atoms with Gasteiger partial charge in [0.1, 0.15) is 18.4 Å². The molecule has 0 saturated heterocycles. The molecule has 1 rings (SSSR count). The van der Waals surface area contributed by atoms with Crippen LogP contribution in [0.1, 0.15) is 51.3 Å². The van der Waals surface area contributed by atoms with E-state index < -0.39 is 0 Å². The first-order chi connectivity index (χ1) is 7.66. The quantitative estimate of drug-likeness (QED) is 0.800. The standard InChI is InChI=1S/C13H23N3O/c1-9(2)10(13(3,4)5)16-8-7-15(6)12(16)11(14)17/h7-10H,1-6H3,(H-,14,17)/p+1. The molecule has 1 unspecified atom stereocenters. The van der Waals surface area contributed by atoms with Crippen LogP contribution in [0.25, 0.3) is 0 Å². The van der Waals surface area contributed by atoms with Crippen LogP contribution in [0.5, 0.6) is 0 Å². The van der Waals surface area contributed by atoms with Gasteiger partial charge in [-0.05, 0) is 5.92 Å². The lowest BCUT2D eigenvalue weighted by atomic mass is 9.80. The minimum atomic E-state index is -0.382. The van der Waals surface area contributed by atoms with Crippen LogP contribution in [0, 0.1) is 11.3 Å². The summed E-state index contributed by atoms with van der Waals surface area (Å²) in [6.07, 6.45) is 3.82. The Morgan fingerprint density at radius 3 is 2.29 bits per heavy atom. The zero-order valence-corrected chi connectivity index (χ0v) is 11.7. The highest BCUT2D eigenvalue weighted by Gasteiger charge is 2.37. The van der Waals surface area contributed by atoms with Gasteiger partial charge in [0.25, 0.3) is 0 Å². The second kappa shape index (κ2) is 4.51. The van der Waals surface area contributed by atoms with E-state index >= 15 is 0 Å². The third kappa shape index (κ3) is 2.68. The molecule has 1 atom stereocenters. The Bertz CT molecular complexity index is 413. The fourth-order valence-electron chi connectivity index (χ4n) is 2.76. The molecule has 0 aromatic carbocycles. The summed E-state index contributed by atoms with van der Waals surface area (Å²) in [6.45, 7) is 10.9. The van der Waals surface area contributed by atoms with Crippen molar-refractivity contribution in [3.63, 3.8) is 0 Å². The Balaban J connectivity index is 3.35. The number of aromatic nitrogens is 2. The number of carbonyl (C=O) groups excluding carboxylic acids is 1. The van der Waals surface area contributed by atoms with Gasteiger partial charge < -0.3 is 5.73 Å². The maximum atomic E-state index is 11.5. The van der Waals surface area contributed by atoms with Crippen molar-refractivity contribution in [1.82, 2.24) is 4.57 Å². The SMILES string of the molecule is CC(C)C(n1cc[n+](C)c1C(N)=O)C(C)(C)C. The molecule has 0 bridgehead atoms. The van der Waals surface area contributed by atoms with Gasteiger partial charge in [-0.15, -0.1) is 0 Å². The molecular formula is C13H24N3O+. The normalized spacial score (nSPS) is 14.1. The number of rotatable bonds is 3. The third-order valence-electron chi connectivity index (χ3n) is 3.07. The Hall–Kier alpha value is -1.32.